The second kappa shape index (κ2) is 6.77. The van der Waals surface area contributed by atoms with Gasteiger partial charge in [-0.25, -0.2) is 9.97 Å². The number of rotatable bonds is 4. The van der Waals surface area contributed by atoms with Crippen LogP contribution >= 0.6 is 0 Å². The molecule has 4 nitrogen and oxygen atoms in total. The fraction of sp³-hybridized carbons (Fsp3) is 0.444. The third kappa shape index (κ3) is 3.56. The average molecular weight is 297 g/mol. The topological polar surface area (TPSA) is 47.0 Å². The van der Waals surface area contributed by atoms with Gasteiger partial charge in [0, 0.05) is 24.0 Å². The van der Waals surface area contributed by atoms with E-state index in [1.807, 2.05) is 36.7 Å². The summed E-state index contributed by atoms with van der Waals surface area (Å²) in [6, 6.07) is 8.46. The number of ether oxygens (including phenoxy) is 1. The molecule has 22 heavy (non-hydrogen) atoms. The minimum atomic E-state index is 0.517. The van der Waals surface area contributed by atoms with Crippen LogP contribution in [0.2, 0.25) is 0 Å². The van der Waals surface area contributed by atoms with Crippen LogP contribution in [0.15, 0.2) is 36.7 Å². The molecule has 1 aliphatic rings. The van der Waals surface area contributed by atoms with Crippen LogP contribution in [0.25, 0.3) is 11.1 Å². The van der Waals surface area contributed by atoms with Gasteiger partial charge in [0.2, 0.25) is 5.95 Å². The van der Waals surface area contributed by atoms with Gasteiger partial charge in [0.15, 0.2) is 0 Å². The quantitative estimate of drug-likeness (QED) is 0.921. The summed E-state index contributed by atoms with van der Waals surface area (Å²) in [5, 5.41) is 3.46. The van der Waals surface area contributed by atoms with Crippen molar-refractivity contribution in [2.24, 2.45) is 5.92 Å². The number of aromatic nitrogens is 2. The van der Waals surface area contributed by atoms with Crippen molar-refractivity contribution < 1.29 is 4.74 Å². The van der Waals surface area contributed by atoms with E-state index in [9.17, 15) is 0 Å². The van der Waals surface area contributed by atoms with Crippen molar-refractivity contribution >= 4 is 5.95 Å². The molecule has 1 aliphatic carbocycles. The van der Waals surface area contributed by atoms with Crippen LogP contribution in [0.3, 0.4) is 0 Å². The first-order valence-electron chi connectivity index (χ1n) is 7.97. The van der Waals surface area contributed by atoms with Gasteiger partial charge >= 0.3 is 0 Å². The monoisotopic (exact) mass is 297 g/mol. The largest absolute Gasteiger partial charge is 0.497 e. The number of hydrogen-bond donors (Lipinski definition) is 1. The molecule has 1 saturated carbocycles. The number of hydrogen-bond acceptors (Lipinski definition) is 4. The van der Waals surface area contributed by atoms with Gasteiger partial charge < -0.3 is 10.1 Å². The fourth-order valence-corrected chi connectivity index (χ4v) is 2.92. The lowest BCUT2D eigenvalue weighted by atomic mass is 9.87. The van der Waals surface area contributed by atoms with E-state index in [2.05, 4.69) is 22.2 Å². The molecule has 4 heteroatoms. The van der Waals surface area contributed by atoms with Crippen molar-refractivity contribution in [3.05, 3.63) is 36.7 Å². The van der Waals surface area contributed by atoms with Crippen molar-refractivity contribution in [2.75, 3.05) is 12.4 Å². The summed E-state index contributed by atoms with van der Waals surface area (Å²) in [4.78, 5) is 8.91. The first-order chi connectivity index (χ1) is 10.7. The van der Waals surface area contributed by atoms with Crippen LogP contribution in [-0.2, 0) is 0 Å². The number of methoxy groups -OCH3 is 1. The van der Waals surface area contributed by atoms with Crippen molar-refractivity contribution in [3.63, 3.8) is 0 Å². The van der Waals surface area contributed by atoms with Gasteiger partial charge in [-0.2, -0.15) is 0 Å². The van der Waals surface area contributed by atoms with Gasteiger partial charge in [0.05, 0.1) is 7.11 Å². The first-order valence-corrected chi connectivity index (χ1v) is 7.97. The molecule has 1 fully saturated rings. The Bertz CT molecular complexity index is 587. The molecule has 1 N–H and O–H groups in total. The molecule has 0 amide bonds. The Morgan fingerprint density at radius 1 is 0.955 bits per heavy atom. The Labute approximate surface area is 132 Å². The van der Waals surface area contributed by atoms with E-state index in [1.165, 1.54) is 25.7 Å². The summed E-state index contributed by atoms with van der Waals surface area (Å²) in [5.74, 6) is 2.45. The number of nitrogens with one attached hydrogen (secondary N) is 1. The molecule has 0 radical (unpaired) electrons. The minimum absolute atomic E-state index is 0.517. The molecule has 116 valence electrons. The van der Waals surface area contributed by atoms with Crippen LogP contribution in [0, 0.1) is 5.92 Å². The van der Waals surface area contributed by atoms with Crippen LogP contribution in [-0.4, -0.2) is 23.1 Å². The third-order valence-electron chi connectivity index (χ3n) is 4.42. The van der Waals surface area contributed by atoms with E-state index >= 15 is 0 Å². The predicted molar refractivity (Wildman–Crippen MR) is 89.1 cm³/mol. The van der Waals surface area contributed by atoms with E-state index in [-0.39, 0.29) is 0 Å². The fourth-order valence-electron chi connectivity index (χ4n) is 2.92. The zero-order chi connectivity index (χ0) is 15.4. The average Bonchev–Trinajstić information content (AvgIpc) is 2.58. The standard InChI is InChI=1S/C18H23N3O/c1-13-3-7-16(8-4-13)21-18-19-11-15(12-20-18)14-5-9-17(22-2)10-6-14/h5-6,9-13,16H,3-4,7-8H2,1-2H3,(H,19,20,21)/t13-,16-. The molecule has 0 aliphatic heterocycles. The zero-order valence-electron chi connectivity index (χ0n) is 13.2. The molecule has 3 rings (SSSR count). The highest BCUT2D eigenvalue weighted by atomic mass is 16.5. The predicted octanol–water partition coefficient (Wildman–Crippen LogP) is 4.14. The molecule has 0 bridgehead atoms. The zero-order valence-corrected chi connectivity index (χ0v) is 13.2. The van der Waals surface area contributed by atoms with Crippen LogP contribution in [0.1, 0.15) is 32.6 Å². The Morgan fingerprint density at radius 3 is 2.18 bits per heavy atom. The van der Waals surface area contributed by atoms with Gasteiger partial charge in [-0.3, -0.25) is 0 Å². The molecule has 1 aromatic heterocycles. The van der Waals surface area contributed by atoms with E-state index < -0.39 is 0 Å². The molecule has 0 atom stereocenters. The van der Waals surface area contributed by atoms with E-state index in [0.717, 1.165) is 28.7 Å². The Hall–Kier alpha value is -2.10. The van der Waals surface area contributed by atoms with Crippen molar-refractivity contribution in [2.45, 2.75) is 38.6 Å². The lowest BCUT2D eigenvalue weighted by Gasteiger charge is -2.26. The van der Waals surface area contributed by atoms with Crippen LogP contribution in [0.4, 0.5) is 5.95 Å². The third-order valence-corrected chi connectivity index (χ3v) is 4.42. The smallest absolute Gasteiger partial charge is 0.222 e. The maximum atomic E-state index is 5.17. The van der Waals surface area contributed by atoms with E-state index in [4.69, 9.17) is 4.74 Å². The van der Waals surface area contributed by atoms with Crippen molar-refractivity contribution in [3.8, 4) is 16.9 Å². The SMILES string of the molecule is COc1ccc(-c2cnc(N[C@H]3CC[C@H](C)CC3)nc2)cc1. The van der Waals surface area contributed by atoms with Crippen LogP contribution < -0.4 is 10.1 Å². The maximum Gasteiger partial charge on any atom is 0.222 e. The van der Waals surface area contributed by atoms with E-state index in [0.29, 0.717) is 6.04 Å². The summed E-state index contributed by atoms with van der Waals surface area (Å²) in [7, 11) is 1.67. The molecule has 0 spiro atoms. The molecule has 0 saturated heterocycles. The van der Waals surface area contributed by atoms with Gasteiger partial charge in [-0.1, -0.05) is 19.1 Å². The molecule has 1 heterocycles. The minimum Gasteiger partial charge on any atom is -0.497 e. The number of anilines is 1. The van der Waals surface area contributed by atoms with Crippen molar-refractivity contribution in [1.29, 1.82) is 0 Å². The highest BCUT2D eigenvalue weighted by Gasteiger charge is 2.18. The van der Waals surface area contributed by atoms with Crippen molar-refractivity contribution in [1.82, 2.24) is 9.97 Å². The molecular formula is C18H23N3O. The first kappa shape index (κ1) is 14.8. The normalized spacial score (nSPS) is 21.4. The molecule has 0 unspecified atom stereocenters. The Kier molecular flexibility index (Phi) is 4.56. The summed E-state index contributed by atoms with van der Waals surface area (Å²) in [5.41, 5.74) is 2.12. The molecule has 1 aromatic carbocycles. The number of benzene rings is 1. The highest BCUT2D eigenvalue weighted by molar-refractivity contribution is 5.62. The van der Waals surface area contributed by atoms with E-state index in [1.54, 1.807) is 7.11 Å². The van der Waals surface area contributed by atoms with Gasteiger partial charge in [-0.15, -0.1) is 0 Å². The highest BCUT2D eigenvalue weighted by Crippen LogP contribution is 2.26. The van der Waals surface area contributed by atoms with Gasteiger partial charge in [0.25, 0.3) is 0 Å². The number of nitrogens with zero attached hydrogens (tertiary/aromatic N) is 2. The van der Waals surface area contributed by atoms with Crippen LogP contribution in [0.5, 0.6) is 5.75 Å². The second-order valence-corrected chi connectivity index (χ2v) is 6.12. The lowest BCUT2D eigenvalue weighted by Crippen LogP contribution is -2.26. The summed E-state index contributed by atoms with van der Waals surface area (Å²) < 4.78 is 5.17. The lowest BCUT2D eigenvalue weighted by molar-refractivity contribution is 0.360. The van der Waals surface area contributed by atoms with Gasteiger partial charge in [0.1, 0.15) is 5.75 Å². The Balaban J connectivity index is 1.64. The molecular weight excluding hydrogens is 274 g/mol. The summed E-state index contributed by atoms with van der Waals surface area (Å²) in [6.45, 7) is 2.33. The molecule has 2 aromatic rings. The summed E-state index contributed by atoms with van der Waals surface area (Å²) >= 11 is 0. The van der Waals surface area contributed by atoms with Gasteiger partial charge in [-0.05, 0) is 49.3 Å². The summed E-state index contributed by atoms with van der Waals surface area (Å²) in [6.07, 6.45) is 8.77. The maximum absolute atomic E-state index is 5.17. The second-order valence-electron chi connectivity index (χ2n) is 6.12. The Morgan fingerprint density at radius 2 is 1.59 bits per heavy atom.